The van der Waals surface area contributed by atoms with Gasteiger partial charge >= 0.3 is 0 Å². The quantitative estimate of drug-likeness (QED) is 0.602. The third kappa shape index (κ3) is 7.31. The second-order valence-electron chi connectivity index (χ2n) is 6.40. The van der Waals surface area contributed by atoms with E-state index in [1.54, 1.807) is 0 Å². The summed E-state index contributed by atoms with van der Waals surface area (Å²) >= 11 is 0. The highest BCUT2D eigenvalue weighted by Crippen LogP contribution is 2.19. The Morgan fingerprint density at radius 2 is 1.58 bits per heavy atom. The average molecular weight is 268 g/mol. The maximum atomic E-state index is 6.16. The third-order valence-electron chi connectivity index (χ3n) is 4.73. The highest BCUT2D eigenvalue weighted by atomic mass is 15.1. The van der Waals surface area contributed by atoms with Gasteiger partial charge in [0.05, 0.1) is 0 Å². The lowest BCUT2D eigenvalue weighted by molar-refractivity contribution is 0.149. The number of rotatable bonds is 10. The van der Waals surface area contributed by atoms with Crippen LogP contribution < -0.4 is 5.73 Å². The molecular formula is C17H36N2. The molecular weight excluding hydrogens is 232 g/mol. The van der Waals surface area contributed by atoms with Crippen LogP contribution >= 0.6 is 0 Å². The molecule has 114 valence electrons. The van der Waals surface area contributed by atoms with Gasteiger partial charge in [0.2, 0.25) is 0 Å². The van der Waals surface area contributed by atoms with Gasteiger partial charge in [-0.2, -0.15) is 0 Å². The molecule has 0 radical (unpaired) electrons. The molecule has 0 aromatic rings. The summed E-state index contributed by atoms with van der Waals surface area (Å²) in [6.45, 7) is 8.35. The van der Waals surface area contributed by atoms with E-state index in [9.17, 15) is 0 Å². The molecule has 0 aromatic heterocycles. The number of nitrogens with two attached hydrogens (primary N) is 1. The van der Waals surface area contributed by atoms with Crippen molar-refractivity contribution in [3.8, 4) is 0 Å². The largest absolute Gasteiger partial charge is 0.327 e. The Hall–Kier alpha value is -0.0800. The number of hydrogen-bond donors (Lipinski definition) is 1. The van der Waals surface area contributed by atoms with E-state index < -0.39 is 0 Å². The SMILES string of the molecule is CCCCCCCCCCN1CCC(N)C(CC)C1. The molecule has 1 saturated heterocycles. The van der Waals surface area contributed by atoms with E-state index in [1.807, 2.05) is 0 Å². The van der Waals surface area contributed by atoms with Crippen LogP contribution in [0.5, 0.6) is 0 Å². The van der Waals surface area contributed by atoms with Crippen molar-refractivity contribution in [3.63, 3.8) is 0 Å². The topological polar surface area (TPSA) is 29.3 Å². The first-order valence-corrected chi connectivity index (χ1v) is 8.75. The maximum Gasteiger partial charge on any atom is 0.00914 e. The molecule has 1 aliphatic heterocycles. The molecule has 2 nitrogen and oxygen atoms in total. The van der Waals surface area contributed by atoms with Gasteiger partial charge in [0.1, 0.15) is 0 Å². The minimum absolute atomic E-state index is 0.458. The zero-order valence-corrected chi connectivity index (χ0v) is 13.4. The van der Waals surface area contributed by atoms with Crippen molar-refractivity contribution in [1.29, 1.82) is 0 Å². The first-order chi connectivity index (χ1) is 9.27. The van der Waals surface area contributed by atoms with Gasteiger partial charge in [-0.3, -0.25) is 0 Å². The van der Waals surface area contributed by atoms with Crippen LogP contribution in [-0.4, -0.2) is 30.6 Å². The molecule has 2 N–H and O–H groups in total. The van der Waals surface area contributed by atoms with Crippen LogP contribution in [0.15, 0.2) is 0 Å². The Morgan fingerprint density at radius 3 is 2.21 bits per heavy atom. The first kappa shape index (κ1) is 17.0. The Bertz CT molecular complexity index is 205. The predicted octanol–water partition coefficient (Wildman–Crippen LogP) is 4.19. The fourth-order valence-electron chi connectivity index (χ4n) is 3.23. The Morgan fingerprint density at radius 1 is 0.947 bits per heavy atom. The Labute approximate surface area is 121 Å². The molecule has 2 unspecified atom stereocenters. The minimum Gasteiger partial charge on any atom is -0.327 e. The Kier molecular flexibility index (Phi) is 9.54. The predicted molar refractivity (Wildman–Crippen MR) is 85.4 cm³/mol. The molecule has 1 fully saturated rings. The van der Waals surface area contributed by atoms with Gasteiger partial charge in [-0.15, -0.1) is 0 Å². The average Bonchev–Trinajstić information content (AvgIpc) is 2.43. The fraction of sp³-hybridized carbons (Fsp3) is 1.00. The lowest BCUT2D eigenvalue weighted by Crippen LogP contribution is -2.47. The Balaban J connectivity index is 1.95. The van der Waals surface area contributed by atoms with Crippen molar-refractivity contribution in [1.82, 2.24) is 4.90 Å². The number of unbranched alkanes of at least 4 members (excludes halogenated alkanes) is 7. The summed E-state index contributed by atoms with van der Waals surface area (Å²) in [6, 6.07) is 0.458. The molecule has 1 aliphatic rings. The van der Waals surface area contributed by atoms with Crippen LogP contribution in [0.2, 0.25) is 0 Å². The van der Waals surface area contributed by atoms with Crippen molar-refractivity contribution in [2.45, 2.75) is 84.1 Å². The van der Waals surface area contributed by atoms with Crippen molar-refractivity contribution in [2.24, 2.45) is 11.7 Å². The van der Waals surface area contributed by atoms with Crippen LogP contribution in [-0.2, 0) is 0 Å². The van der Waals surface area contributed by atoms with Crippen LogP contribution in [0.4, 0.5) is 0 Å². The zero-order valence-electron chi connectivity index (χ0n) is 13.4. The van der Waals surface area contributed by atoms with Crippen molar-refractivity contribution in [3.05, 3.63) is 0 Å². The van der Waals surface area contributed by atoms with E-state index in [1.165, 1.54) is 83.8 Å². The molecule has 0 amide bonds. The lowest BCUT2D eigenvalue weighted by Gasteiger charge is -2.36. The number of nitrogens with zero attached hydrogens (tertiary/aromatic N) is 1. The van der Waals surface area contributed by atoms with Crippen LogP contribution in [0.25, 0.3) is 0 Å². The molecule has 1 heterocycles. The van der Waals surface area contributed by atoms with Gasteiger partial charge in [0.15, 0.2) is 0 Å². The van der Waals surface area contributed by atoms with Crippen molar-refractivity contribution < 1.29 is 0 Å². The molecule has 2 atom stereocenters. The van der Waals surface area contributed by atoms with Crippen LogP contribution in [0.1, 0.15) is 78.1 Å². The summed E-state index contributed by atoms with van der Waals surface area (Å²) in [7, 11) is 0. The van der Waals surface area contributed by atoms with Gasteiger partial charge in [0.25, 0.3) is 0 Å². The minimum atomic E-state index is 0.458. The maximum absolute atomic E-state index is 6.16. The van der Waals surface area contributed by atoms with E-state index >= 15 is 0 Å². The van der Waals surface area contributed by atoms with Crippen molar-refractivity contribution >= 4 is 0 Å². The fourth-order valence-corrected chi connectivity index (χ4v) is 3.23. The molecule has 19 heavy (non-hydrogen) atoms. The van der Waals surface area contributed by atoms with Crippen molar-refractivity contribution in [2.75, 3.05) is 19.6 Å². The zero-order chi connectivity index (χ0) is 13.9. The number of hydrogen-bond acceptors (Lipinski definition) is 2. The van der Waals surface area contributed by atoms with Gasteiger partial charge in [-0.25, -0.2) is 0 Å². The van der Waals surface area contributed by atoms with Gasteiger partial charge in [-0.05, 0) is 31.8 Å². The molecule has 1 rings (SSSR count). The summed E-state index contributed by atoms with van der Waals surface area (Å²) in [4.78, 5) is 2.65. The molecule has 0 aliphatic carbocycles. The van der Waals surface area contributed by atoms with E-state index in [4.69, 9.17) is 5.73 Å². The number of likely N-dealkylation sites (tertiary alicyclic amines) is 1. The second-order valence-corrected chi connectivity index (χ2v) is 6.40. The monoisotopic (exact) mass is 268 g/mol. The lowest BCUT2D eigenvalue weighted by atomic mass is 9.90. The van der Waals surface area contributed by atoms with E-state index in [2.05, 4.69) is 18.7 Å². The van der Waals surface area contributed by atoms with Crippen LogP contribution in [0, 0.1) is 5.92 Å². The summed E-state index contributed by atoms with van der Waals surface area (Å²) in [5, 5.41) is 0. The van der Waals surface area contributed by atoms with E-state index in [0.29, 0.717) is 6.04 Å². The van der Waals surface area contributed by atoms with Gasteiger partial charge in [0, 0.05) is 12.6 Å². The van der Waals surface area contributed by atoms with Gasteiger partial charge in [-0.1, -0.05) is 65.2 Å². The summed E-state index contributed by atoms with van der Waals surface area (Å²) in [5.41, 5.74) is 6.16. The number of piperidine rings is 1. The molecule has 0 spiro atoms. The first-order valence-electron chi connectivity index (χ1n) is 8.75. The van der Waals surface area contributed by atoms with E-state index in [-0.39, 0.29) is 0 Å². The molecule has 0 aromatic carbocycles. The molecule has 0 saturated carbocycles. The highest BCUT2D eigenvalue weighted by molar-refractivity contribution is 4.81. The van der Waals surface area contributed by atoms with Crippen LogP contribution in [0.3, 0.4) is 0 Å². The highest BCUT2D eigenvalue weighted by Gasteiger charge is 2.24. The van der Waals surface area contributed by atoms with Gasteiger partial charge < -0.3 is 10.6 Å². The summed E-state index contributed by atoms with van der Waals surface area (Å²) < 4.78 is 0. The summed E-state index contributed by atoms with van der Waals surface area (Å²) in [5.74, 6) is 0.739. The second kappa shape index (κ2) is 10.7. The normalized spacial score (nSPS) is 24.8. The molecule has 0 bridgehead atoms. The standard InChI is InChI=1S/C17H36N2/c1-3-5-6-7-8-9-10-11-13-19-14-12-17(18)16(4-2)15-19/h16-17H,3-15,18H2,1-2H3. The molecule has 2 heteroatoms. The summed E-state index contributed by atoms with van der Waals surface area (Å²) in [6.07, 6.45) is 13.8. The smallest absolute Gasteiger partial charge is 0.00914 e. The van der Waals surface area contributed by atoms with E-state index in [0.717, 1.165) is 5.92 Å². The third-order valence-corrected chi connectivity index (χ3v) is 4.73.